The fraction of sp³-hybridized carbons (Fsp3) is 0.409. The fourth-order valence-corrected chi connectivity index (χ4v) is 3.80. The van der Waals surface area contributed by atoms with Crippen LogP contribution in [0.5, 0.6) is 0 Å². The molecule has 0 amide bonds. The van der Waals surface area contributed by atoms with Crippen molar-refractivity contribution in [1.29, 1.82) is 0 Å². The number of hydrogen-bond donors (Lipinski definition) is 2. The van der Waals surface area contributed by atoms with Crippen molar-refractivity contribution in [3.63, 3.8) is 0 Å². The van der Waals surface area contributed by atoms with Crippen LogP contribution in [-0.2, 0) is 17.3 Å². The molecular weight excluding hydrogens is 495 g/mol. The first-order valence-corrected chi connectivity index (χ1v) is 11.0. The molecule has 0 radical (unpaired) electrons. The molecule has 0 heterocycles. The molecule has 2 N–H and O–H groups in total. The second kappa shape index (κ2) is 14.5. The Kier molecular flexibility index (Phi) is 12.8. The number of nitrogens with zero attached hydrogens (tertiary/aromatic N) is 2. The normalized spacial score (nSPS) is 13.4. The average molecular weight is 529 g/mol. The van der Waals surface area contributed by atoms with Gasteiger partial charge in [-0.15, -0.1) is 24.0 Å². The van der Waals surface area contributed by atoms with E-state index in [-0.39, 0.29) is 24.0 Å². The highest BCUT2D eigenvalue weighted by Crippen LogP contribution is 2.08. The lowest BCUT2D eigenvalue weighted by molar-refractivity contribution is 0.238. The van der Waals surface area contributed by atoms with Crippen molar-refractivity contribution in [1.82, 2.24) is 15.5 Å². The van der Waals surface area contributed by atoms with Crippen LogP contribution in [0.2, 0.25) is 0 Å². The van der Waals surface area contributed by atoms with Crippen LogP contribution >= 0.6 is 24.0 Å². The smallest absolute Gasteiger partial charge is 0.191 e. The van der Waals surface area contributed by atoms with Crippen LogP contribution in [0.15, 0.2) is 70.6 Å². The molecule has 2 aromatic rings. The monoisotopic (exact) mass is 528 g/mol. The number of halogens is 1. The van der Waals surface area contributed by atoms with E-state index in [4.69, 9.17) is 0 Å². The van der Waals surface area contributed by atoms with Crippen LogP contribution in [-0.4, -0.2) is 54.0 Å². The highest BCUT2D eigenvalue weighted by molar-refractivity contribution is 14.0. The molecule has 2 atom stereocenters. The summed E-state index contributed by atoms with van der Waals surface area (Å²) in [5.74, 6) is 1.31. The van der Waals surface area contributed by atoms with Crippen LogP contribution in [0.3, 0.4) is 0 Å². The molecule has 2 aromatic carbocycles. The molecule has 0 aliphatic heterocycles. The zero-order chi connectivity index (χ0) is 20.2. The van der Waals surface area contributed by atoms with Crippen molar-refractivity contribution in [2.24, 2.45) is 4.99 Å². The van der Waals surface area contributed by atoms with Gasteiger partial charge in [0.1, 0.15) is 0 Å². The van der Waals surface area contributed by atoms with Gasteiger partial charge in [0.2, 0.25) is 0 Å². The van der Waals surface area contributed by atoms with Crippen molar-refractivity contribution >= 4 is 40.7 Å². The Morgan fingerprint density at radius 3 is 2.24 bits per heavy atom. The predicted molar refractivity (Wildman–Crippen MR) is 134 cm³/mol. The van der Waals surface area contributed by atoms with Crippen LogP contribution in [0.4, 0.5) is 0 Å². The predicted octanol–water partition coefficient (Wildman–Crippen LogP) is 3.49. The van der Waals surface area contributed by atoms with Crippen LogP contribution in [0, 0.1) is 0 Å². The largest absolute Gasteiger partial charge is 0.356 e. The van der Waals surface area contributed by atoms with Gasteiger partial charge in [0.15, 0.2) is 5.96 Å². The quantitative estimate of drug-likeness (QED) is 0.282. The van der Waals surface area contributed by atoms with E-state index in [0.717, 1.165) is 30.4 Å². The minimum atomic E-state index is -0.993. The van der Waals surface area contributed by atoms with E-state index in [1.807, 2.05) is 36.4 Å². The maximum atomic E-state index is 12.2. The lowest BCUT2D eigenvalue weighted by Gasteiger charge is -2.25. The molecule has 5 nitrogen and oxygen atoms in total. The van der Waals surface area contributed by atoms with Crippen LogP contribution in [0.1, 0.15) is 18.9 Å². The Hall–Kier alpha value is -1.45. The summed E-state index contributed by atoms with van der Waals surface area (Å²) in [6.07, 6.45) is 1.01. The molecule has 0 aliphatic rings. The van der Waals surface area contributed by atoms with Gasteiger partial charge in [-0.25, -0.2) is 0 Å². The number of nitrogens with one attached hydrogen (secondary N) is 2. The first kappa shape index (κ1) is 25.6. The lowest BCUT2D eigenvalue weighted by atomic mass is 10.1. The van der Waals surface area contributed by atoms with Gasteiger partial charge in [0.05, 0.1) is 10.8 Å². The maximum Gasteiger partial charge on any atom is 0.191 e. The van der Waals surface area contributed by atoms with Crippen molar-refractivity contribution in [3.05, 3.63) is 66.2 Å². The van der Waals surface area contributed by atoms with E-state index in [2.05, 4.69) is 58.8 Å². The van der Waals surface area contributed by atoms with Gasteiger partial charge in [-0.2, -0.15) is 0 Å². The van der Waals surface area contributed by atoms with Crippen LogP contribution in [0.25, 0.3) is 0 Å². The lowest BCUT2D eigenvalue weighted by Crippen LogP contribution is -2.41. The molecule has 0 saturated heterocycles. The van der Waals surface area contributed by atoms with Gasteiger partial charge in [-0.1, -0.05) is 48.5 Å². The fourth-order valence-electron chi connectivity index (χ4n) is 2.82. The van der Waals surface area contributed by atoms with Crippen molar-refractivity contribution in [2.75, 3.05) is 32.9 Å². The summed E-state index contributed by atoms with van der Waals surface area (Å²) in [5, 5.41) is 6.59. The summed E-state index contributed by atoms with van der Waals surface area (Å²) in [6.45, 7) is 4.64. The number of rotatable bonds is 10. The SMILES string of the molecule is CN=C(NCCC(C)N(C)Cc1ccccc1)NCCS(=O)c1ccccc1.I. The number of benzene rings is 2. The zero-order valence-corrected chi connectivity index (χ0v) is 20.7. The summed E-state index contributed by atoms with van der Waals surface area (Å²) in [5.41, 5.74) is 1.33. The molecule has 0 spiro atoms. The zero-order valence-electron chi connectivity index (χ0n) is 17.5. The third kappa shape index (κ3) is 9.73. The second-order valence-corrected chi connectivity index (χ2v) is 8.40. The van der Waals surface area contributed by atoms with Gasteiger partial charge in [0, 0.05) is 43.4 Å². The Bertz CT molecular complexity index is 743. The Morgan fingerprint density at radius 1 is 1.03 bits per heavy atom. The first-order chi connectivity index (χ1) is 13.6. The number of hydrogen-bond acceptors (Lipinski definition) is 3. The molecule has 7 heteroatoms. The summed E-state index contributed by atoms with van der Waals surface area (Å²) in [4.78, 5) is 7.47. The van der Waals surface area contributed by atoms with Crippen molar-refractivity contribution in [3.8, 4) is 0 Å². The van der Waals surface area contributed by atoms with E-state index in [1.54, 1.807) is 7.05 Å². The molecule has 0 aromatic heterocycles. The molecule has 2 unspecified atom stereocenters. The third-order valence-corrected chi connectivity index (χ3v) is 6.06. The van der Waals surface area contributed by atoms with E-state index >= 15 is 0 Å². The van der Waals surface area contributed by atoms with Crippen molar-refractivity contribution in [2.45, 2.75) is 30.8 Å². The van der Waals surface area contributed by atoms with Gasteiger partial charge >= 0.3 is 0 Å². The molecule has 0 aliphatic carbocycles. The Morgan fingerprint density at radius 2 is 1.62 bits per heavy atom. The minimum absolute atomic E-state index is 0. The molecule has 0 fully saturated rings. The maximum absolute atomic E-state index is 12.2. The highest BCUT2D eigenvalue weighted by Gasteiger charge is 2.10. The van der Waals surface area contributed by atoms with E-state index in [9.17, 15) is 4.21 Å². The summed E-state index contributed by atoms with van der Waals surface area (Å²) in [6, 6.07) is 20.5. The number of aliphatic imine (C=N–C) groups is 1. The molecule has 0 saturated carbocycles. The molecule has 0 bridgehead atoms. The summed E-state index contributed by atoms with van der Waals surface area (Å²) in [7, 11) is 2.92. The summed E-state index contributed by atoms with van der Waals surface area (Å²) >= 11 is 0. The van der Waals surface area contributed by atoms with Crippen molar-refractivity contribution < 1.29 is 4.21 Å². The average Bonchev–Trinajstić information content (AvgIpc) is 2.73. The number of guanidine groups is 1. The molecule has 2 rings (SSSR count). The van der Waals surface area contributed by atoms with Gasteiger partial charge in [0.25, 0.3) is 0 Å². The standard InChI is InChI=1S/C22H32N4OS.HI/c1-19(26(3)18-20-10-6-4-7-11-20)14-15-24-22(23-2)25-16-17-28(27)21-12-8-5-9-13-21;/h4-13,19H,14-18H2,1-3H3,(H2,23,24,25);1H. The van der Waals surface area contributed by atoms with Gasteiger partial charge in [-0.3, -0.25) is 14.1 Å². The molecule has 29 heavy (non-hydrogen) atoms. The van der Waals surface area contributed by atoms with E-state index in [0.29, 0.717) is 18.3 Å². The minimum Gasteiger partial charge on any atom is -0.356 e. The highest BCUT2D eigenvalue weighted by atomic mass is 127. The first-order valence-electron chi connectivity index (χ1n) is 9.72. The van der Waals surface area contributed by atoms with E-state index in [1.165, 1.54) is 5.56 Å². The van der Waals surface area contributed by atoms with Gasteiger partial charge < -0.3 is 10.6 Å². The topological polar surface area (TPSA) is 56.7 Å². The third-order valence-electron chi connectivity index (χ3n) is 4.69. The van der Waals surface area contributed by atoms with Gasteiger partial charge in [-0.05, 0) is 38.1 Å². The second-order valence-electron chi connectivity index (χ2n) is 6.83. The molecule has 160 valence electrons. The molecular formula is C22H33IN4OS. The van der Waals surface area contributed by atoms with E-state index < -0.39 is 10.8 Å². The Labute approximate surface area is 194 Å². The Balaban J connectivity index is 0.00000420. The van der Waals surface area contributed by atoms with Crippen LogP contribution < -0.4 is 10.6 Å². The summed E-state index contributed by atoms with van der Waals surface area (Å²) < 4.78 is 12.2.